The third kappa shape index (κ3) is 4.68. The number of aryl methyl sites for hydroxylation is 2. The number of amides is 2. The summed E-state index contributed by atoms with van der Waals surface area (Å²) in [6, 6.07) is 22.8. The Kier molecular flexibility index (Phi) is 6.16. The summed E-state index contributed by atoms with van der Waals surface area (Å²) in [5, 5.41) is 3.74. The van der Waals surface area contributed by atoms with Crippen LogP contribution in [0.15, 0.2) is 88.3 Å². The number of imide groups is 1. The molecule has 0 fully saturated rings. The Morgan fingerprint density at radius 3 is 2.32 bits per heavy atom. The van der Waals surface area contributed by atoms with Crippen molar-refractivity contribution in [2.45, 2.75) is 25.3 Å². The number of halogens is 1. The van der Waals surface area contributed by atoms with E-state index in [-0.39, 0.29) is 24.1 Å². The Balaban J connectivity index is 1.70. The zero-order chi connectivity index (χ0) is 22.0. The van der Waals surface area contributed by atoms with Crippen LogP contribution in [-0.4, -0.2) is 16.7 Å². The van der Waals surface area contributed by atoms with Crippen molar-refractivity contribution >= 4 is 40.9 Å². The van der Waals surface area contributed by atoms with Gasteiger partial charge in [-0.1, -0.05) is 77.5 Å². The summed E-state index contributed by atoms with van der Waals surface area (Å²) in [4.78, 5) is 29.2. The minimum absolute atomic E-state index is 0.218. The standard InChI is InChI=1S/C25H21ClN2O2S/c1-16-8-12-20(13-9-16)31-23-22(27-21-14-19(26)11-10-17(21)2)24(29)28(25(23)30)15-18-6-4-3-5-7-18/h3-14,27H,15H2,1-2H3. The monoisotopic (exact) mass is 448 g/mol. The van der Waals surface area contributed by atoms with Crippen LogP contribution in [0.25, 0.3) is 0 Å². The molecule has 3 aromatic carbocycles. The first-order chi connectivity index (χ1) is 14.9. The van der Waals surface area contributed by atoms with Crippen LogP contribution in [0.5, 0.6) is 0 Å². The molecule has 0 saturated carbocycles. The van der Waals surface area contributed by atoms with Crippen LogP contribution in [0.4, 0.5) is 5.69 Å². The topological polar surface area (TPSA) is 49.4 Å². The highest BCUT2D eigenvalue weighted by Crippen LogP contribution is 2.37. The summed E-state index contributed by atoms with van der Waals surface area (Å²) >= 11 is 7.46. The number of carbonyl (C=O) groups is 2. The van der Waals surface area contributed by atoms with E-state index in [2.05, 4.69) is 5.32 Å². The van der Waals surface area contributed by atoms with Crippen molar-refractivity contribution in [3.05, 3.63) is 105 Å². The largest absolute Gasteiger partial charge is 0.350 e. The zero-order valence-corrected chi connectivity index (χ0v) is 18.8. The van der Waals surface area contributed by atoms with Crippen LogP contribution < -0.4 is 5.32 Å². The van der Waals surface area contributed by atoms with Gasteiger partial charge in [0.05, 0.1) is 6.54 Å². The number of nitrogens with one attached hydrogen (secondary N) is 1. The molecule has 1 heterocycles. The molecular formula is C25H21ClN2O2S. The molecule has 1 aliphatic heterocycles. The molecule has 0 atom stereocenters. The van der Waals surface area contributed by atoms with Crippen LogP contribution in [0.2, 0.25) is 5.02 Å². The lowest BCUT2D eigenvalue weighted by atomic mass is 10.2. The quantitative estimate of drug-likeness (QED) is 0.474. The van der Waals surface area contributed by atoms with Gasteiger partial charge in [-0.25, -0.2) is 0 Å². The van der Waals surface area contributed by atoms with Gasteiger partial charge in [0.2, 0.25) is 0 Å². The Morgan fingerprint density at radius 1 is 0.903 bits per heavy atom. The molecule has 2 amide bonds. The summed E-state index contributed by atoms with van der Waals surface area (Å²) in [5.74, 6) is -0.649. The van der Waals surface area contributed by atoms with Crippen LogP contribution in [-0.2, 0) is 16.1 Å². The molecule has 4 rings (SSSR count). The number of hydrogen-bond donors (Lipinski definition) is 1. The molecule has 0 aromatic heterocycles. The Morgan fingerprint density at radius 2 is 1.61 bits per heavy atom. The lowest BCUT2D eigenvalue weighted by Gasteiger charge is -2.15. The molecule has 4 nitrogen and oxygen atoms in total. The van der Waals surface area contributed by atoms with Crippen molar-refractivity contribution < 1.29 is 9.59 Å². The third-order valence-electron chi connectivity index (χ3n) is 5.01. The fourth-order valence-electron chi connectivity index (χ4n) is 3.26. The van der Waals surface area contributed by atoms with Gasteiger partial charge < -0.3 is 5.32 Å². The molecule has 0 spiro atoms. The number of rotatable bonds is 6. The number of anilines is 1. The fraction of sp³-hybridized carbons (Fsp3) is 0.120. The molecule has 1 N–H and O–H groups in total. The van der Waals surface area contributed by atoms with Crippen molar-refractivity contribution in [1.29, 1.82) is 0 Å². The van der Waals surface area contributed by atoms with Gasteiger partial charge in [-0.2, -0.15) is 0 Å². The normalized spacial score (nSPS) is 13.8. The number of benzene rings is 3. The van der Waals surface area contributed by atoms with E-state index in [4.69, 9.17) is 11.6 Å². The first-order valence-electron chi connectivity index (χ1n) is 9.84. The molecule has 0 aliphatic carbocycles. The number of hydrogen-bond acceptors (Lipinski definition) is 4. The van der Waals surface area contributed by atoms with Crippen LogP contribution in [0.3, 0.4) is 0 Å². The van der Waals surface area contributed by atoms with Gasteiger partial charge in [-0.15, -0.1) is 0 Å². The second-order valence-electron chi connectivity index (χ2n) is 7.39. The maximum atomic E-state index is 13.3. The lowest BCUT2D eigenvalue weighted by Crippen LogP contribution is -2.31. The van der Waals surface area contributed by atoms with Crippen molar-refractivity contribution in [2.75, 3.05) is 5.32 Å². The summed E-state index contributed by atoms with van der Waals surface area (Å²) in [7, 11) is 0. The van der Waals surface area contributed by atoms with Crippen molar-refractivity contribution in [2.24, 2.45) is 0 Å². The summed E-state index contributed by atoms with van der Waals surface area (Å²) in [5.41, 5.74) is 3.93. The molecular weight excluding hydrogens is 428 g/mol. The SMILES string of the molecule is Cc1ccc(SC2=C(Nc3cc(Cl)ccc3C)C(=O)N(Cc3ccccc3)C2=O)cc1. The fourth-order valence-corrected chi connectivity index (χ4v) is 4.37. The average Bonchev–Trinajstić information content (AvgIpc) is 2.97. The van der Waals surface area contributed by atoms with Gasteiger partial charge in [-0.3, -0.25) is 14.5 Å². The highest BCUT2D eigenvalue weighted by molar-refractivity contribution is 8.04. The minimum atomic E-state index is -0.345. The molecule has 0 saturated heterocycles. The first kappa shape index (κ1) is 21.2. The van der Waals surface area contributed by atoms with Crippen molar-refractivity contribution in [3.63, 3.8) is 0 Å². The highest BCUT2D eigenvalue weighted by Gasteiger charge is 2.39. The van der Waals surface area contributed by atoms with E-state index in [1.165, 1.54) is 16.7 Å². The van der Waals surface area contributed by atoms with Crippen molar-refractivity contribution in [3.8, 4) is 0 Å². The lowest BCUT2D eigenvalue weighted by molar-refractivity contribution is -0.137. The maximum absolute atomic E-state index is 13.3. The first-order valence-corrected chi connectivity index (χ1v) is 11.0. The Labute approximate surface area is 190 Å². The third-order valence-corrected chi connectivity index (χ3v) is 6.34. The molecule has 31 heavy (non-hydrogen) atoms. The number of carbonyl (C=O) groups excluding carboxylic acids is 2. The molecule has 0 radical (unpaired) electrons. The Bertz CT molecular complexity index is 1170. The summed E-state index contributed by atoms with van der Waals surface area (Å²) < 4.78 is 0. The molecule has 6 heteroatoms. The van der Waals surface area contributed by atoms with E-state index in [0.717, 1.165) is 21.6 Å². The molecule has 156 valence electrons. The summed E-state index contributed by atoms with van der Waals surface area (Å²) in [6.45, 7) is 4.15. The second kappa shape index (κ2) is 9.00. The van der Waals surface area contributed by atoms with E-state index < -0.39 is 0 Å². The molecule has 0 bridgehead atoms. The van der Waals surface area contributed by atoms with Gasteiger partial charge >= 0.3 is 0 Å². The predicted octanol–water partition coefficient (Wildman–Crippen LogP) is 5.94. The van der Waals surface area contributed by atoms with Gasteiger partial charge in [-0.05, 0) is 49.2 Å². The van der Waals surface area contributed by atoms with Crippen molar-refractivity contribution in [1.82, 2.24) is 4.90 Å². The van der Waals surface area contributed by atoms with E-state index in [1.807, 2.05) is 74.5 Å². The van der Waals surface area contributed by atoms with Gasteiger partial charge in [0.25, 0.3) is 11.8 Å². The smallest absolute Gasteiger partial charge is 0.278 e. The van der Waals surface area contributed by atoms with Gasteiger partial charge in [0.1, 0.15) is 10.6 Å². The van der Waals surface area contributed by atoms with Gasteiger partial charge in [0.15, 0.2) is 0 Å². The number of nitrogens with zero attached hydrogens (tertiary/aromatic N) is 1. The minimum Gasteiger partial charge on any atom is -0.350 e. The van der Waals surface area contributed by atoms with E-state index in [0.29, 0.717) is 15.6 Å². The zero-order valence-electron chi connectivity index (χ0n) is 17.2. The highest BCUT2D eigenvalue weighted by atomic mass is 35.5. The van der Waals surface area contributed by atoms with Crippen LogP contribution in [0, 0.1) is 13.8 Å². The number of thioether (sulfide) groups is 1. The van der Waals surface area contributed by atoms with E-state index in [1.54, 1.807) is 12.1 Å². The second-order valence-corrected chi connectivity index (χ2v) is 8.91. The molecule has 0 unspecified atom stereocenters. The van der Waals surface area contributed by atoms with Crippen LogP contribution in [0.1, 0.15) is 16.7 Å². The van der Waals surface area contributed by atoms with E-state index in [9.17, 15) is 9.59 Å². The van der Waals surface area contributed by atoms with Gasteiger partial charge in [0, 0.05) is 15.6 Å². The summed E-state index contributed by atoms with van der Waals surface area (Å²) in [6.07, 6.45) is 0. The van der Waals surface area contributed by atoms with Crippen LogP contribution >= 0.6 is 23.4 Å². The molecule has 3 aromatic rings. The average molecular weight is 449 g/mol. The Hall–Kier alpha value is -3.02. The van der Waals surface area contributed by atoms with E-state index >= 15 is 0 Å². The predicted molar refractivity (Wildman–Crippen MR) is 126 cm³/mol. The molecule has 1 aliphatic rings. The maximum Gasteiger partial charge on any atom is 0.278 e.